The van der Waals surface area contributed by atoms with Gasteiger partial charge in [0.15, 0.2) is 5.78 Å². The Morgan fingerprint density at radius 3 is 1.96 bits per heavy atom. The summed E-state index contributed by atoms with van der Waals surface area (Å²) in [5.41, 5.74) is 4.88. The number of ketones is 1. The highest BCUT2D eigenvalue weighted by molar-refractivity contribution is 6.24. The zero-order chi connectivity index (χ0) is 32.4. The number of fused-ring (bicyclic) bond motifs is 3. The Kier molecular flexibility index (Phi) is 6.96. The van der Waals surface area contributed by atoms with Crippen LogP contribution >= 0.6 is 0 Å². The van der Waals surface area contributed by atoms with Gasteiger partial charge in [-0.15, -0.1) is 0 Å². The number of nitrogens with zero attached hydrogens (tertiary/aromatic N) is 2. The summed E-state index contributed by atoms with van der Waals surface area (Å²) in [5, 5.41) is 0. The topological polar surface area (TPSA) is 91.8 Å². The van der Waals surface area contributed by atoms with Crippen molar-refractivity contribution in [2.75, 3.05) is 7.05 Å². The number of rotatable bonds is 7. The molecule has 4 amide bonds. The molecule has 7 heteroatoms. The van der Waals surface area contributed by atoms with Gasteiger partial charge in [0.25, 0.3) is 23.6 Å². The molecule has 0 radical (unpaired) electrons. The van der Waals surface area contributed by atoms with Crippen molar-refractivity contribution in [2.24, 2.45) is 0 Å². The van der Waals surface area contributed by atoms with Crippen molar-refractivity contribution in [1.82, 2.24) is 9.80 Å². The number of hydrogen-bond acceptors (Lipinski definition) is 5. The van der Waals surface area contributed by atoms with Crippen LogP contribution in [-0.4, -0.2) is 46.3 Å². The summed E-state index contributed by atoms with van der Waals surface area (Å²) in [6.07, 6.45) is 7.34. The summed E-state index contributed by atoms with van der Waals surface area (Å²) in [6, 6.07) is 17.2. The van der Waals surface area contributed by atoms with Crippen LogP contribution < -0.4 is 0 Å². The van der Waals surface area contributed by atoms with Gasteiger partial charge in [-0.05, 0) is 59.7 Å². The first-order valence-corrected chi connectivity index (χ1v) is 14.9. The molecule has 45 heavy (non-hydrogen) atoms. The summed E-state index contributed by atoms with van der Waals surface area (Å²) < 4.78 is 0. The molecule has 226 valence electrons. The Hall–Kier alpha value is -5.17. The number of allylic oxidation sites excluding steroid dienone is 4. The normalized spacial score (nSPS) is 20.2. The molecule has 0 bridgehead atoms. The maximum Gasteiger partial charge on any atom is 0.265 e. The zero-order valence-corrected chi connectivity index (χ0v) is 26.1. The van der Waals surface area contributed by atoms with Crippen LogP contribution in [0.25, 0.3) is 0 Å². The third-order valence-corrected chi connectivity index (χ3v) is 9.40. The first-order chi connectivity index (χ1) is 21.3. The Labute approximate surface area is 262 Å². The highest BCUT2D eigenvalue weighted by Gasteiger charge is 2.46. The van der Waals surface area contributed by atoms with Gasteiger partial charge < -0.3 is 0 Å². The van der Waals surface area contributed by atoms with E-state index < -0.39 is 29.4 Å². The summed E-state index contributed by atoms with van der Waals surface area (Å²) >= 11 is 0. The van der Waals surface area contributed by atoms with Crippen LogP contribution in [0.15, 0.2) is 96.7 Å². The summed E-state index contributed by atoms with van der Waals surface area (Å²) in [4.78, 5) is 67.2. The zero-order valence-electron chi connectivity index (χ0n) is 26.1. The molecule has 0 N–H and O–H groups in total. The predicted octanol–water partition coefficient (Wildman–Crippen LogP) is 6.78. The highest BCUT2D eigenvalue weighted by Crippen LogP contribution is 2.53. The largest absolute Gasteiger partial charge is 0.289 e. The van der Waals surface area contributed by atoms with Crippen molar-refractivity contribution in [3.63, 3.8) is 0 Å². The van der Waals surface area contributed by atoms with Gasteiger partial charge in [-0.1, -0.05) is 82.0 Å². The molecule has 3 aromatic rings. The summed E-state index contributed by atoms with van der Waals surface area (Å²) in [5.74, 6) is -2.35. The lowest BCUT2D eigenvalue weighted by molar-refractivity contribution is 0.0681. The van der Waals surface area contributed by atoms with Crippen LogP contribution in [0, 0.1) is 0 Å². The Morgan fingerprint density at radius 2 is 1.33 bits per heavy atom. The summed E-state index contributed by atoms with van der Waals surface area (Å²) in [6.45, 7) is 12.8. The third kappa shape index (κ3) is 4.53. The lowest BCUT2D eigenvalue weighted by atomic mass is 9.74. The van der Waals surface area contributed by atoms with Crippen molar-refractivity contribution in [1.29, 1.82) is 0 Å². The molecular weight excluding hydrogens is 564 g/mol. The number of hydrogen-bond donors (Lipinski definition) is 0. The van der Waals surface area contributed by atoms with E-state index in [9.17, 15) is 24.0 Å². The first kappa shape index (κ1) is 29.9. The van der Waals surface area contributed by atoms with Gasteiger partial charge in [-0.25, -0.2) is 4.90 Å². The quantitative estimate of drug-likeness (QED) is 0.170. The number of amides is 4. The molecule has 6 rings (SSSR count). The van der Waals surface area contributed by atoms with Crippen LogP contribution in [0.4, 0.5) is 0 Å². The monoisotopic (exact) mass is 598 g/mol. The van der Waals surface area contributed by atoms with Crippen LogP contribution in [0.2, 0.25) is 0 Å². The van der Waals surface area contributed by atoms with Crippen molar-refractivity contribution in [3.8, 4) is 0 Å². The Balaban J connectivity index is 1.25. The molecule has 0 saturated heterocycles. The van der Waals surface area contributed by atoms with E-state index in [2.05, 4.69) is 63.8 Å². The minimum absolute atomic E-state index is 0.0101. The van der Waals surface area contributed by atoms with E-state index in [0.29, 0.717) is 5.70 Å². The molecule has 0 spiro atoms. The van der Waals surface area contributed by atoms with E-state index >= 15 is 0 Å². The van der Waals surface area contributed by atoms with Crippen molar-refractivity contribution in [2.45, 2.75) is 51.4 Å². The van der Waals surface area contributed by atoms with E-state index in [0.717, 1.165) is 21.8 Å². The molecule has 0 saturated carbocycles. The molecule has 3 aliphatic rings. The van der Waals surface area contributed by atoms with E-state index in [-0.39, 0.29) is 50.6 Å². The van der Waals surface area contributed by atoms with Gasteiger partial charge in [0.2, 0.25) is 0 Å². The Morgan fingerprint density at radius 1 is 0.800 bits per heavy atom. The van der Waals surface area contributed by atoms with E-state index in [1.165, 1.54) is 54.6 Å². The van der Waals surface area contributed by atoms with E-state index in [4.69, 9.17) is 0 Å². The number of carbonyl (C=O) groups is 5. The van der Waals surface area contributed by atoms with Gasteiger partial charge in [-0.2, -0.15) is 0 Å². The molecule has 2 aliphatic heterocycles. The Bertz CT molecular complexity index is 1940. The fourth-order valence-corrected chi connectivity index (χ4v) is 7.20. The standard InChI is InChI=1S/C38H34N2O5/c1-7-10-25(38(5)21-37(3,4)30-11-8-9-12-31(30)38)16-13-22(2)40-35(44)27-18-15-24(20-29(27)36(40)45)32(41)23-14-17-26-28(19-23)34(43)39(6)33(26)42/h7-12,14-20H,2,13,21H2,1,3-6H3/b10-7-,25-16+. The van der Waals surface area contributed by atoms with E-state index in [1.807, 2.05) is 13.0 Å². The fraction of sp³-hybridized carbons (Fsp3) is 0.237. The maximum atomic E-state index is 13.6. The molecular formula is C38H34N2O5. The van der Waals surface area contributed by atoms with Crippen molar-refractivity contribution < 1.29 is 24.0 Å². The molecule has 0 aromatic heterocycles. The lowest BCUT2D eigenvalue weighted by Gasteiger charge is -2.30. The molecule has 1 atom stereocenters. The molecule has 1 aliphatic carbocycles. The minimum Gasteiger partial charge on any atom is -0.289 e. The highest BCUT2D eigenvalue weighted by atomic mass is 16.2. The number of carbonyl (C=O) groups excluding carboxylic acids is 5. The molecule has 2 heterocycles. The maximum absolute atomic E-state index is 13.6. The minimum atomic E-state index is -0.537. The second kappa shape index (κ2) is 10.5. The first-order valence-electron chi connectivity index (χ1n) is 14.9. The number of benzene rings is 3. The number of imide groups is 2. The van der Waals surface area contributed by atoms with Gasteiger partial charge in [0.05, 0.1) is 22.3 Å². The van der Waals surface area contributed by atoms with Gasteiger partial charge in [0, 0.05) is 35.7 Å². The third-order valence-electron chi connectivity index (χ3n) is 9.40. The smallest absolute Gasteiger partial charge is 0.265 e. The lowest BCUT2D eigenvalue weighted by Crippen LogP contribution is -2.28. The SMILES string of the molecule is C=C(C/C=C(\C=C/C)C1(C)CC(C)(C)c2ccccc21)N1C(=O)c2ccc(C(=O)c3ccc4c(c3)C(=O)N(C)C4=O)cc2C1=O. The van der Waals surface area contributed by atoms with Crippen LogP contribution in [-0.2, 0) is 10.8 Å². The van der Waals surface area contributed by atoms with Crippen LogP contribution in [0.5, 0.6) is 0 Å². The summed E-state index contributed by atoms with van der Waals surface area (Å²) in [7, 11) is 1.39. The predicted molar refractivity (Wildman–Crippen MR) is 171 cm³/mol. The molecule has 7 nitrogen and oxygen atoms in total. The van der Waals surface area contributed by atoms with Gasteiger partial charge in [-0.3, -0.25) is 28.9 Å². The second-order valence-electron chi connectivity index (χ2n) is 12.8. The molecule has 0 fully saturated rings. The van der Waals surface area contributed by atoms with Crippen LogP contribution in [0.1, 0.15) is 109 Å². The van der Waals surface area contributed by atoms with Crippen molar-refractivity contribution >= 4 is 29.4 Å². The van der Waals surface area contributed by atoms with Gasteiger partial charge in [0.1, 0.15) is 0 Å². The van der Waals surface area contributed by atoms with E-state index in [1.54, 1.807) is 0 Å². The molecule has 1 unspecified atom stereocenters. The van der Waals surface area contributed by atoms with Crippen LogP contribution in [0.3, 0.4) is 0 Å². The average Bonchev–Trinajstić information content (AvgIpc) is 3.50. The second-order valence-corrected chi connectivity index (χ2v) is 12.8. The van der Waals surface area contributed by atoms with Gasteiger partial charge >= 0.3 is 0 Å². The fourth-order valence-electron chi connectivity index (χ4n) is 7.20. The average molecular weight is 599 g/mol. The van der Waals surface area contributed by atoms with Crippen molar-refractivity contribution in [3.05, 3.63) is 141 Å². The molecule has 3 aromatic carbocycles.